The number of piperidine rings is 1. The summed E-state index contributed by atoms with van der Waals surface area (Å²) in [4.78, 5) is 46.6. The van der Waals surface area contributed by atoms with Crippen LogP contribution in [0.3, 0.4) is 0 Å². The molecule has 5 rings (SSSR count). The number of likely N-dealkylation sites (tertiary alicyclic amines) is 1. The average Bonchev–Trinajstić information content (AvgIpc) is 3.07. The molecule has 0 bridgehead atoms. The van der Waals surface area contributed by atoms with Crippen LogP contribution in [0.2, 0.25) is 0 Å². The fourth-order valence-electron chi connectivity index (χ4n) is 6.52. The number of piperazine rings is 1. The van der Waals surface area contributed by atoms with E-state index in [1.807, 2.05) is 41.3 Å². The van der Waals surface area contributed by atoms with Crippen LogP contribution in [0.1, 0.15) is 43.2 Å². The molecule has 0 saturated carbocycles. The Labute approximate surface area is 261 Å². The number of carbonyl (C=O) groups excluding carboxylic acids is 3. The van der Waals surface area contributed by atoms with Gasteiger partial charge in [0.25, 0.3) is 0 Å². The second-order valence-electron chi connectivity index (χ2n) is 12.1. The highest BCUT2D eigenvalue weighted by Gasteiger charge is 2.53. The molecular weight excluding hydrogens is 558 g/mol. The molecule has 10 nitrogen and oxygen atoms in total. The van der Waals surface area contributed by atoms with E-state index in [0.717, 1.165) is 70.9 Å². The van der Waals surface area contributed by atoms with Gasteiger partial charge in [-0.3, -0.25) is 14.5 Å². The van der Waals surface area contributed by atoms with Crippen LogP contribution >= 0.6 is 0 Å². The summed E-state index contributed by atoms with van der Waals surface area (Å²) >= 11 is 0. The highest BCUT2D eigenvalue weighted by atomic mass is 16.5. The fraction of sp³-hybridized carbons (Fsp3) is 0.559. The Balaban J connectivity index is 1.14. The molecule has 3 aliphatic heterocycles. The molecule has 0 aliphatic carbocycles. The number of amides is 3. The van der Waals surface area contributed by atoms with Crippen LogP contribution in [0, 0.1) is 0 Å². The Morgan fingerprint density at radius 2 is 1.52 bits per heavy atom. The lowest BCUT2D eigenvalue weighted by Crippen LogP contribution is -2.73. The number of hydrogen-bond donors (Lipinski definition) is 2. The summed E-state index contributed by atoms with van der Waals surface area (Å²) in [5.41, 5.74) is 1.43. The predicted molar refractivity (Wildman–Crippen MR) is 168 cm³/mol. The third kappa shape index (κ3) is 8.58. The molecule has 44 heavy (non-hydrogen) atoms. The number of alkyl carbamates (subject to hydrolysis) is 1. The first kappa shape index (κ1) is 31.9. The van der Waals surface area contributed by atoms with E-state index in [0.29, 0.717) is 38.8 Å². The molecule has 2 N–H and O–H groups in total. The van der Waals surface area contributed by atoms with E-state index in [-0.39, 0.29) is 18.4 Å². The molecular formula is C34H47N5O5. The maximum atomic E-state index is 14.0. The van der Waals surface area contributed by atoms with Gasteiger partial charge in [0, 0.05) is 52.4 Å². The van der Waals surface area contributed by atoms with E-state index in [2.05, 4.69) is 44.7 Å². The van der Waals surface area contributed by atoms with Crippen LogP contribution in [0.4, 0.5) is 4.79 Å². The third-order valence-electron chi connectivity index (χ3n) is 9.16. The predicted octanol–water partition coefficient (Wildman–Crippen LogP) is 2.82. The van der Waals surface area contributed by atoms with Crippen LogP contribution in [-0.2, 0) is 32.1 Å². The van der Waals surface area contributed by atoms with E-state index in [1.54, 1.807) is 0 Å². The molecule has 0 unspecified atom stereocenters. The van der Waals surface area contributed by atoms with Gasteiger partial charge in [-0.2, -0.15) is 0 Å². The van der Waals surface area contributed by atoms with Gasteiger partial charge >= 0.3 is 6.09 Å². The topological polar surface area (TPSA) is 103 Å². The Morgan fingerprint density at radius 1 is 0.864 bits per heavy atom. The smallest absolute Gasteiger partial charge is 0.407 e. The lowest BCUT2D eigenvalue weighted by Gasteiger charge is -2.52. The summed E-state index contributed by atoms with van der Waals surface area (Å²) in [6, 6.07) is 19.4. The Hall–Kier alpha value is -3.47. The molecule has 3 saturated heterocycles. The summed E-state index contributed by atoms with van der Waals surface area (Å²) in [5, 5.41) is 5.85. The zero-order chi connectivity index (χ0) is 30.6. The molecule has 10 heteroatoms. The second-order valence-corrected chi connectivity index (χ2v) is 12.1. The Morgan fingerprint density at radius 3 is 2.23 bits per heavy atom. The maximum absolute atomic E-state index is 14.0. The minimum Gasteiger partial charge on any atom is -0.445 e. The number of hydrogen-bond acceptors (Lipinski definition) is 7. The largest absolute Gasteiger partial charge is 0.445 e. The first-order valence-electron chi connectivity index (χ1n) is 16.2. The molecule has 1 atom stereocenters. The van der Waals surface area contributed by atoms with Crippen molar-refractivity contribution in [3.63, 3.8) is 0 Å². The van der Waals surface area contributed by atoms with Crippen molar-refractivity contribution in [2.24, 2.45) is 0 Å². The highest BCUT2D eigenvalue weighted by molar-refractivity contribution is 6.00. The summed E-state index contributed by atoms with van der Waals surface area (Å²) in [5.74, 6) is -0.0395. The van der Waals surface area contributed by atoms with E-state index in [1.165, 1.54) is 5.56 Å². The van der Waals surface area contributed by atoms with E-state index in [4.69, 9.17) is 9.47 Å². The van der Waals surface area contributed by atoms with Gasteiger partial charge in [0.05, 0.1) is 13.2 Å². The number of nitrogens with one attached hydrogen (secondary N) is 2. The average molecular weight is 606 g/mol. The fourth-order valence-corrected chi connectivity index (χ4v) is 6.52. The first-order valence-corrected chi connectivity index (χ1v) is 16.2. The van der Waals surface area contributed by atoms with Gasteiger partial charge in [-0.25, -0.2) is 4.79 Å². The molecule has 0 aromatic heterocycles. The van der Waals surface area contributed by atoms with Crippen LogP contribution in [0.25, 0.3) is 0 Å². The number of carbonyl (C=O) groups is 3. The van der Waals surface area contributed by atoms with Crippen molar-refractivity contribution in [1.82, 2.24) is 25.3 Å². The Kier molecular flexibility index (Phi) is 11.6. The molecule has 3 heterocycles. The quantitative estimate of drug-likeness (QED) is 0.339. The van der Waals surface area contributed by atoms with Crippen molar-refractivity contribution >= 4 is 17.9 Å². The van der Waals surface area contributed by atoms with E-state index < -0.39 is 17.7 Å². The van der Waals surface area contributed by atoms with E-state index >= 15 is 0 Å². The van der Waals surface area contributed by atoms with Gasteiger partial charge < -0.3 is 29.9 Å². The molecule has 238 valence electrons. The molecule has 3 aliphatic rings. The van der Waals surface area contributed by atoms with Gasteiger partial charge in [-0.1, -0.05) is 60.7 Å². The minimum absolute atomic E-state index is 0.00373. The molecule has 0 radical (unpaired) electrons. The molecule has 2 aromatic carbocycles. The maximum Gasteiger partial charge on any atom is 0.407 e. The minimum atomic E-state index is -0.804. The van der Waals surface area contributed by atoms with Gasteiger partial charge in [0.1, 0.15) is 18.2 Å². The standard InChI is InChI=1S/C34H47N5O5/c40-31-30(13-7-17-35-33(42)44-27-29-11-5-2-6-12-29)36-32(41)34(39(31)19-8-18-37-23-25-43-26-24-37)15-21-38(22-16-34)20-14-28-9-3-1-4-10-28/h1-6,9-12,30H,7-8,13-27H2,(H,35,42)(H,36,41)/t30-/m0/s1. The highest BCUT2D eigenvalue weighted by Crippen LogP contribution is 2.34. The van der Waals surface area contributed by atoms with Crippen molar-refractivity contribution in [1.29, 1.82) is 0 Å². The van der Waals surface area contributed by atoms with Crippen molar-refractivity contribution in [3.8, 4) is 0 Å². The number of nitrogens with zero attached hydrogens (tertiary/aromatic N) is 3. The molecule has 2 aromatic rings. The summed E-state index contributed by atoms with van der Waals surface area (Å²) in [6.07, 6.45) is 3.59. The summed E-state index contributed by atoms with van der Waals surface area (Å²) < 4.78 is 10.8. The zero-order valence-corrected chi connectivity index (χ0v) is 25.8. The lowest BCUT2D eigenvalue weighted by molar-refractivity contribution is -0.161. The van der Waals surface area contributed by atoms with Crippen LogP contribution < -0.4 is 10.6 Å². The van der Waals surface area contributed by atoms with E-state index in [9.17, 15) is 14.4 Å². The molecule has 1 spiro atoms. The van der Waals surface area contributed by atoms with Crippen molar-refractivity contribution in [2.75, 3.05) is 65.6 Å². The summed E-state index contributed by atoms with van der Waals surface area (Å²) in [6.45, 7) is 7.81. The second kappa shape index (κ2) is 16.0. The molecule has 3 fully saturated rings. The first-order chi connectivity index (χ1) is 21.5. The SMILES string of the molecule is O=C(NCCC[C@@H]1NC(=O)C2(CCN(CCc3ccccc3)CC2)N(CCCN2CCOCC2)C1=O)OCc1ccccc1. The Bertz CT molecular complexity index is 1200. The number of rotatable bonds is 13. The van der Waals surface area contributed by atoms with Crippen molar-refractivity contribution in [3.05, 3.63) is 71.8 Å². The normalized spacial score (nSPS) is 20.8. The van der Waals surface area contributed by atoms with Gasteiger partial charge in [0.15, 0.2) is 0 Å². The van der Waals surface area contributed by atoms with Crippen LogP contribution in [0.15, 0.2) is 60.7 Å². The van der Waals surface area contributed by atoms with Crippen molar-refractivity contribution < 1.29 is 23.9 Å². The lowest BCUT2D eigenvalue weighted by atomic mass is 9.81. The molecule has 3 amide bonds. The number of ether oxygens (including phenoxy) is 2. The third-order valence-corrected chi connectivity index (χ3v) is 9.16. The number of morpholine rings is 1. The van der Waals surface area contributed by atoms with Gasteiger partial charge in [-0.15, -0.1) is 0 Å². The zero-order valence-electron chi connectivity index (χ0n) is 25.8. The monoisotopic (exact) mass is 605 g/mol. The van der Waals surface area contributed by atoms with Crippen molar-refractivity contribution in [2.45, 2.75) is 56.7 Å². The van der Waals surface area contributed by atoms with Gasteiger partial charge in [0.2, 0.25) is 11.8 Å². The van der Waals surface area contributed by atoms with Crippen LogP contribution in [-0.4, -0.2) is 110 Å². The summed E-state index contributed by atoms with van der Waals surface area (Å²) in [7, 11) is 0. The van der Waals surface area contributed by atoms with Gasteiger partial charge in [-0.05, 0) is 49.7 Å². The van der Waals surface area contributed by atoms with Crippen LogP contribution in [0.5, 0.6) is 0 Å². The number of benzene rings is 2.